The number of hydrogen-bond acceptors (Lipinski definition) is 6. The van der Waals surface area contributed by atoms with Gasteiger partial charge in [-0.25, -0.2) is 4.79 Å². The number of imide groups is 1. The Morgan fingerprint density at radius 3 is 2.30 bits per heavy atom. The summed E-state index contributed by atoms with van der Waals surface area (Å²) in [6, 6.07) is 0. The van der Waals surface area contributed by atoms with E-state index >= 15 is 0 Å². The lowest BCUT2D eigenvalue weighted by molar-refractivity contribution is -0.208. The number of fused-ring (bicyclic) bond motifs is 1. The van der Waals surface area contributed by atoms with E-state index in [1.54, 1.807) is 0 Å². The van der Waals surface area contributed by atoms with Gasteiger partial charge < -0.3 is 9.57 Å². The molecule has 0 aromatic heterocycles. The molecule has 0 N–H and O–H groups in total. The number of carbonyl (C=O) groups is 4. The Morgan fingerprint density at radius 1 is 1.15 bits per heavy atom. The smallest absolute Gasteiger partial charge is 0.339 e. The summed E-state index contributed by atoms with van der Waals surface area (Å²) in [6.45, 7) is 0. The molecule has 1 saturated heterocycles. The summed E-state index contributed by atoms with van der Waals surface area (Å²) >= 11 is 0. The van der Waals surface area contributed by atoms with Crippen LogP contribution < -0.4 is 0 Å². The molecule has 3 aliphatic carbocycles. The minimum Gasteiger partial charge on any atom is -0.469 e. The maximum absolute atomic E-state index is 12.2. The first kappa shape index (κ1) is 13.1. The Morgan fingerprint density at radius 2 is 1.75 bits per heavy atom. The van der Waals surface area contributed by atoms with Gasteiger partial charge in [-0.05, 0) is 25.2 Å². The number of amides is 2. The van der Waals surface area contributed by atoms with Gasteiger partial charge in [-0.2, -0.15) is 0 Å². The molecule has 0 aromatic rings. The first-order valence-corrected chi connectivity index (χ1v) is 6.63. The number of hydroxylamine groups is 2. The van der Waals surface area contributed by atoms with E-state index < -0.39 is 23.2 Å². The Labute approximate surface area is 115 Å². The van der Waals surface area contributed by atoms with Crippen LogP contribution in [-0.4, -0.2) is 35.9 Å². The van der Waals surface area contributed by atoms with Gasteiger partial charge in [0.1, 0.15) is 0 Å². The summed E-state index contributed by atoms with van der Waals surface area (Å²) in [5.74, 6) is -2.01. The van der Waals surface area contributed by atoms with Gasteiger partial charge in [0, 0.05) is 12.8 Å². The second kappa shape index (κ2) is 4.29. The molecule has 1 unspecified atom stereocenters. The van der Waals surface area contributed by atoms with Crippen LogP contribution in [0.25, 0.3) is 0 Å². The lowest BCUT2D eigenvalue weighted by Crippen LogP contribution is -2.43. The number of nitrogens with zero attached hydrogens (tertiary/aromatic N) is 1. The number of ether oxygens (including phenoxy) is 1. The van der Waals surface area contributed by atoms with E-state index in [0.717, 1.165) is 0 Å². The van der Waals surface area contributed by atoms with Gasteiger partial charge >= 0.3 is 11.9 Å². The fourth-order valence-electron chi connectivity index (χ4n) is 3.50. The topological polar surface area (TPSA) is 90.0 Å². The Bertz CT molecular complexity index is 491. The summed E-state index contributed by atoms with van der Waals surface area (Å²) in [5.41, 5.74) is -0.729. The van der Waals surface area contributed by atoms with Crippen molar-refractivity contribution in [1.82, 2.24) is 5.06 Å². The monoisotopic (exact) mass is 281 g/mol. The van der Waals surface area contributed by atoms with E-state index in [2.05, 4.69) is 0 Å². The van der Waals surface area contributed by atoms with Gasteiger partial charge in [-0.15, -0.1) is 5.06 Å². The maximum Gasteiger partial charge on any atom is 0.339 e. The van der Waals surface area contributed by atoms with Crippen LogP contribution in [0.5, 0.6) is 0 Å². The van der Waals surface area contributed by atoms with Crippen LogP contribution >= 0.6 is 0 Å². The molecule has 1 atom stereocenters. The third-order valence-corrected chi connectivity index (χ3v) is 4.60. The van der Waals surface area contributed by atoms with Crippen LogP contribution in [0.15, 0.2) is 0 Å². The van der Waals surface area contributed by atoms with E-state index in [1.165, 1.54) is 7.11 Å². The molecule has 1 aliphatic heterocycles. The Balaban J connectivity index is 1.66. The third-order valence-electron chi connectivity index (χ3n) is 4.60. The maximum atomic E-state index is 12.2. The molecule has 2 bridgehead atoms. The predicted molar refractivity (Wildman–Crippen MR) is 62.5 cm³/mol. The van der Waals surface area contributed by atoms with Gasteiger partial charge in [-0.3, -0.25) is 14.4 Å². The largest absolute Gasteiger partial charge is 0.469 e. The highest BCUT2D eigenvalue weighted by Gasteiger charge is 2.64. The van der Waals surface area contributed by atoms with Crippen LogP contribution in [0.1, 0.15) is 32.1 Å². The number of esters is 1. The Hall–Kier alpha value is -1.92. The number of carbonyl (C=O) groups excluding carboxylic acids is 4. The second-order valence-corrected chi connectivity index (χ2v) is 5.74. The van der Waals surface area contributed by atoms with Crippen LogP contribution in [0.4, 0.5) is 0 Å². The summed E-state index contributed by atoms with van der Waals surface area (Å²) < 4.78 is 4.71. The van der Waals surface area contributed by atoms with Crippen molar-refractivity contribution >= 4 is 23.8 Å². The quantitative estimate of drug-likeness (QED) is 0.541. The molecule has 4 fully saturated rings. The van der Waals surface area contributed by atoms with Crippen LogP contribution in [0.2, 0.25) is 0 Å². The van der Waals surface area contributed by atoms with E-state index in [0.29, 0.717) is 24.3 Å². The van der Waals surface area contributed by atoms with Crippen molar-refractivity contribution in [2.75, 3.05) is 7.11 Å². The summed E-state index contributed by atoms with van der Waals surface area (Å²) in [6.07, 6.45) is 1.64. The zero-order chi connectivity index (χ0) is 14.5. The highest BCUT2D eigenvalue weighted by Crippen LogP contribution is 2.62. The van der Waals surface area contributed by atoms with Crippen molar-refractivity contribution in [3.05, 3.63) is 0 Å². The average Bonchev–Trinajstić information content (AvgIpc) is 3.04. The molecule has 7 nitrogen and oxygen atoms in total. The molecular weight excluding hydrogens is 266 g/mol. The molecule has 3 saturated carbocycles. The van der Waals surface area contributed by atoms with Gasteiger partial charge in [0.2, 0.25) is 0 Å². The van der Waals surface area contributed by atoms with Crippen molar-refractivity contribution in [1.29, 1.82) is 0 Å². The number of rotatable bonds is 3. The lowest BCUT2D eigenvalue weighted by atomic mass is 9.69. The molecule has 0 spiro atoms. The van der Waals surface area contributed by atoms with E-state index in [9.17, 15) is 19.2 Å². The number of methoxy groups -OCH3 is 1. The number of hydrogen-bond donors (Lipinski definition) is 0. The van der Waals surface area contributed by atoms with Gasteiger partial charge in [0.05, 0.1) is 18.4 Å². The normalized spacial score (nSPS) is 35.0. The highest BCUT2D eigenvalue weighted by molar-refractivity contribution is 6.02. The third kappa shape index (κ3) is 1.72. The zero-order valence-electron chi connectivity index (χ0n) is 11.1. The van der Waals surface area contributed by atoms with E-state index in [4.69, 9.17) is 9.57 Å². The van der Waals surface area contributed by atoms with Crippen molar-refractivity contribution < 1.29 is 28.8 Å². The summed E-state index contributed by atoms with van der Waals surface area (Å²) in [7, 11) is 1.32. The molecule has 4 rings (SSSR count). The van der Waals surface area contributed by atoms with Crippen LogP contribution in [-0.2, 0) is 28.8 Å². The minimum atomic E-state index is -0.729. The zero-order valence-corrected chi connectivity index (χ0v) is 11.1. The molecule has 108 valence electrons. The molecule has 20 heavy (non-hydrogen) atoms. The van der Waals surface area contributed by atoms with Crippen molar-refractivity contribution in [3.8, 4) is 0 Å². The van der Waals surface area contributed by atoms with Crippen molar-refractivity contribution in [2.45, 2.75) is 32.1 Å². The first-order chi connectivity index (χ1) is 9.47. The molecule has 0 aromatic carbocycles. The predicted octanol–water partition coefficient (Wildman–Crippen LogP) is 0.183. The highest BCUT2D eigenvalue weighted by atomic mass is 16.7. The van der Waals surface area contributed by atoms with Crippen molar-refractivity contribution in [2.24, 2.45) is 17.3 Å². The second-order valence-electron chi connectivity index (χ2n) is 5.74. The van der Waals surface area contributed by atoms with Crippen LogP contribution in [0.3, 0.4) is 0 Å². The lowest BCUT2D eigenvalue weighted by Gasteiger charge is -2.36. The molecule has 0 radical (unpaired) electrons. The minimum absolute atomic E-state index is 0.0759. The Kier molecular flexibility index (Phi) is 2.81. The average molecular weight is 281 g/mol. The fraction of sp³-hybridized carbons (Fsp3) is 0.692. The SMILES string of the molecule is COC(=O)C1CC2(C(=O)ON3C(=O)CCC3=O)CC1C2. The first-order valence-electron chi connectivity index (χ1n) is 6.63. The molecular formula is C13H15NO6. The molecule has 2 amide bonds. The molecule has 4 aliphatic rings. The summed E-state index contributed by atoms with van der Waals surface area (Å²) in [4.78, 5) is 51.6. The van der Waals surface area contributed by atoms with Crippen LogP contribution in [0, 0.1) is 17.3 Å². The van der Waals surface area contributed by atoms with Gasteiger partial charge in [0.15, 0.2) is 0 Å². The standard InChI is InChI=1S/C13H15NO6/c1-19-11(17)8-6-13(4-7(8)5-13)12(18)20-14-9(15)2-3-10(14)16/h7-8H,2-6H2,1H3. The van der Waals surface area contributed by atoms with Crippen molar-refractivity contribution in [3.63, 3.8) is 0 Å². The van der Waals surface area contributed by atoms with E-state index in [1.807, 2.05) is 0 Å². The molecule has 7 heteroatoms. The summed E-state index contributed by atoms with van der Waals surface area (Å²) in [5, 5.41) is 0.565. The van der Waals surface area contributed by atoms with E-state index in [-0.39, 0.29) is 30.6 Å². The molecule has 1 heterocycles. The fourth-order valence-corrected chi connectivity index (χ4v) is 3.50. The van der Waals surface area contributed by atoms with Gasteiger partial charge in [-0.1, -0.05) is 0 Å². The van der Waals surface area contributed by atoms with Gasteiger partial charge in [0.25, 0.3) is 11.8 Å².